The lowest BCUT2D eigenvalue weighted by Gasteiger charge is -2.03. The number of halogens is 1. The number of rotatable bonds is 3. The van der Waals surface area contributed by atoms with Crippen LogP contribution < -0.4 is 5.32 Å². The number of amides is 1. The fraction of sp³-hybridized carbons (Fsp3) is 0.0714. The molecule has 0 aliphatic heterocycles. The summed E-state index contributed by atoms with van der Waals surface area (Å²) in [6, 6.07) is 6.10. The van der Waals surface area contributed by atoms with Gasteiger partial charge in [0.25, 0.3) is 5.91 Å². The van der Waals surface area contributed by atoms with Crippen molar-refractivity contribution in [1.82, 2.24) is 19.7 Å². The Labute approximate surface area is 114 Å². The van der Waals surface area contributed by atoms with E-state index in [1.165, 1.54) is 12.1 Å². The first-order valence-corrected chi connectivity index (χ1v) is 6.04. The zero-order valence-corrected chi connectivity index (χ0v) is 10.5. The van der Waals surface area contributed by atoms with Gasteiger partial charge in [-0.25, -0.2) is 9.37 Å². The van der Waals surface area contributed by atoms with E-state index in [4.69, 9.17) is 0 Å². The van der Waals surface area contributed by atoms with Crippen LogP contribution in [0.2, 0.25) is 0 Å². The molecule has 3 rings (SSSR count). The van der Waals surface area contributed by atoms with Gasteiger partial charge in [0.1, 0.15) is 11.5 Å². The molecule has 0 aliphatic carbocycles. The summed E-state index contributed by atoms with van der Waals surface area (Å²) >= 11 is 0. The van der Waals surface area contributed by atoms with Crippen LogP contribution in [0.3, 0.4) is 0 Å². The summed E-state index contributed by atoms with van der Waals surface area (Å²) in [5.41, 5.74) is 1.60. The number of fused-ring (bicyclic) bond motifs is 1. The molecule has 6 heteroatoms. The van der Waals surface area contributed by atoms with Crippen LogP contribution in [0.15, 0.2) is 49.1 Å². The highest BCUT2D eigenvalue weighted by molar-refractivity contribution is 5.92. The third kappa shape index (κ3) is 2.49. The summed E-state index contributed by atoms with van der Waals surface area (Å²) in [6.45, 7) is 0.253. The van der Waals surface area contributed by atoms with Crippen molar-refractivity contribution >= 4 is 11.6 Å². The van der Waals surface area contributed by atoms with Crippen molar-refractivity contribution in [2.24, 2.45) is 0 Å². The minimum Gasteiger partial charge on any atom is -0.347 e. The van der Waals surface area contributed by atoms with E-state index in [2.05, 4.69) is 15.3 Å². The van der Waals surface area contributed by atoms with E-state index in [0.29, 0.717) is 16.9 Å². The van der Waals surface area contributed by atoms with Gasteiger partial charge in [-0.3, -0.25) is 9.78 Å². The number of benzene rings is 1. The molecular weight excluding hydrogens is 259 g/mol. The zero-order chi connectivity index (χ0) is 13.9. The monoisotopic (exact) mass is 270 g/mol. The number of hydrogen-bond donors (Lipinski definition) is 1. The van der Waals surface area contributed by atoms with E-state index < -0.39 is 0 Å². The summed E-state index contributed by atoms with van der Waals surface area (Å²) in [5.74, 6) is -0.631. The van der Waals surface area contributed by atoms with Crippen molar-refractivity contribution in [2.45, 2.75) is 6.54 Å². The fourth-order valence-corrected chi connectivity index (χ4v) is 1.87. The average molecular weight is 270 g/mol. The molecule has 3 aromatic rings. The minimum atomic E-state index is -0.324. The van der Waals surface area contributed by atoms with Gasteiger partial charge in [-0.15, -0.1) is 0 Å². The Hall–Kier alpha value is -2.76. The maximum atomic E-state index is 13.0. The topological polar surface area (TPSA) is 59.3 Å². The second-order valence-corrected chi connectivity index (χ2v) is 4.28. The average Bonchev–Trinajstić information content (AvgIpc) is 2.89. The predicted octanol–water partition coefficient (Wildman–Crippen LogP) is 1.80. The molecular formula is C14H11FN4O. The SMILES string of the molecule is O=C(NCc1cccc(F)c1)c1cn2ccncc2n1. The van der Waals surface area contributed by atoms with E-state index >= 15 is 0 Å². The summed E-state index contributed by atoms with van der Waals surface area (Å²) < 4.78 is 14.7. The highest BCUT2D eigenvalue weighted by Gasteiger charge is 2.10. The van der Waals surface area contributed by atoms with Crippen molar-refractivity contribution in [3.63, 3.8) is 0 Å². The summed E-state index contributed by atoms with van der Waals surface area (Å²) in [6.07, 6.45) is 6.52. The molecule has 0 bridgehead atoms. The van der Waals surface area contributed by atoms with Gasteiger partial charge < -0.3 is 9.72 Å². The Morgan fingerprint density at radius 1 is 1.40 bits per heavy atom. The summed E-state index contributed by atoms with van der Waals surface area (Å²) in [4.78, 5) is 20.1. The van der Waals surface area contributed by atoms with Gasteiger partial charge in [-0.05, 0) is 17.7 Å². The van der Waals surface area contributed by atoms with Crippen molar-refractivity contribution < 1.29 is 9.18 Å². The van der Waals surface area contributed by atoms with Crippen LogP contribution in [0.4, 0.5) is 4.39 Å². The third-order valence-corrected chi connectivity index (χ3v) is 2.84. The lowest BCUT2D eigenvalue weighted by molar-refractivity contribution is 0.0946. The molecule has 0 aliphatic rings. The quantitative estimate of drug-likeness (QED) is 0.789. The van der Waals surface area contributed by atoms with Crippen molar-refractivity contribution in [1.29, 1.82) is 0 Å². The number of carbonyl (C=O) groups excluding carboxylic acids is 1. The first-order chi connectivity index (χ1) is 9.72. The maximum Gasteiger partial charge on any atom is 0.271 e. The van der Waals surface area contributed by atoms with Gasteiger partial charge in [-0.2, -0.15) is 0 Å². The zero-order valence-electron chi connectivity index (χ0n) is 10.5. The Bertz CT molecular complexity index is 735. The van der Waals surface area contributed by atoms with Gasteiger partial charge in [0.05, 0.1) is 6.20 Å². The van der Waals surface area contributed by atoms with Crippen LogP contribution in [0, 0.1) is 5.82 Å². The first kappa shape index (κ1) is 12.3. The Morgan fingerprint density at radius 3 is 3.10 bits per heavy atom. The van der Waals surface area contributed by atoms with Crippen LogP contribution >= 0.6 is 0 Å². The lowest BCUT2D eigenvalue weighted by Crippen LogP contribution is -2.23. The molecule has 20 heavy (non-hydrogen) atoms. The lowest BCUT2D eigenvalue weighted by atomic mass is 10.2. The van der Waals surface area contributed by atoms with Crippen molar-refractivity contribution in [2.75, 3.05) is 0 Å². The van der Waals surface area contributed by atoms with E-state index in [0.717, 1.165) is 0 Å². The molecule has 1 N–H and O–H groups in total. The highest BCUT2D eigenvalue weighted by atomic mass is 19.1. The van der Waals surface area contributed by atoms with Crippen LogP contribution in [0.25, 0.3) is 5.65 Å². The number of nitrogens with one attached hydrogen (secondary N) is 1. The van der Waals surface area contributed by atoms with Crippen LogP contribution in [-0.4, -0.2) is 20.3 Å². The molecule has 2 aromatic heterocycles. The van der Waals surface area contributed by atoms with Crippen LogP contribution in [0.1, 0.15) is 16.1 Å². The molecule has 100 valence electrons. The predicted molar refractivity (Wildman–Crippen MR) is 70.6 cm³/mol. The molecule has 1 amide bonds. The highest BCUT2D eigenvalue weighted by Crippen LogP contribution is 2.05. The fourth-order valence-electron chi connectivity index (χ4n) is 1.87. The van der Waals surface area contributed by atoms with Gasteiger partial charge in [-0.1, -0.05) is 12.1 Å². The van der Waals surface area contributed by atoms with Gasteiger partial charge in [0.15, 0.2) is 5.65 Å². The number of hydrogen-bond acceptors (Lipinski definition) is 3. The molecule has 0 saturated carbocycles. The van der Waals surface area contributed by atoms with E-state index in [-0.39, 0.29) is 18.3 Å². The molecule has 0 radical (unpaired) electrons. The standard InChI is InChI=1S/C14H11FN4O/c15-11-3-1-2-10(6-11)7-17-14(20)12-9-19-5-4-16-8-13(19)18-12/h1-6,8-9H,7H2,(H,17,20). The van der Waals surface area contributed by atoms with Gasteiger partial charge in [0, 0.05) is 25.1 Å². The molecule has 1 aromatic carbocycles. The normalized spacial score (nSPS) is 10.7. The van der Waals surface area contributed by atoms with Gasteiger partial charge >= 0.3 is 0 Å². The third-order valence-electron chi connectivity index (χ3n) is 2.84. The van der Waals surface area contributed by atoms with Crippen LogP contribution in [0.5, 0.6) is 0 Å². The second kappa shape index (κ2) is 5.08. The summed E-state index contributed by atoms with van der Waals surface area (Å²) in [5, 5.41) is 2.70. The van der Waals surface area contributed by atoms with E-state index in [9.17, 15) is 9.18 Å². The number of carbonyl (C=O) groups is 1. The number of nitrogens with zero attached hydrogens (tertiary/aromatic N) is 3. The molecule has 0 unspecified atom stereocenters. The maximum absolute atomic E-state index is 13.0. The first-order valence-electron chi connectivity index (χ1n) is 6.04. The molecule has 2 heterocycles. The molecule has 0 saturated heterocycles. The number of imidazole rings is 1. The largest absolute Gasteiger partial charge is 0.347 e. The Kier molecular flexibility index (Phi) is 3.12. The Balaban J connectivity index is 1.73. The second-order valence-electron chi connectivity index (χ2n) is 4.28. The Morgan fingerprint density at radius 2 is 2.30 bits per heavy atom. The summed E-state index contributed by atoms with van der Waals surface area (Å²) in [7, 11) is 0. The van der Waals surface area contributed by atoms with E-state index in [1.54, 1.807) is 41.3 Å². The smallest absolute Gasteiger partial charge is 0.271 e. The van der Waals surface area contributed by atoms with E-state index in [1.807, 2.05) is 0 Å². The minimum absolute atomic E-state index is 0.253. The van der Waals surface area contributed by atoms with Crippen molar-refractivity contribution in [3.05, 3.63) is 66.1 Å². The molecule has 0 fully saturated rings. The molecule has 0 atom stereocenters. The molecule has 0 spiro atoms. The number of aromatic nitrogens is 3. The van der Waals surface area contributed by atoms with Gasteiger partial charge in [0.2, 0.25) is 0 Å². The molecule has 5 nitrogen and oxygen atoms in total. The van der Waals surface area contributed by atoms with Crippen molar-refractivity contribution in [3.8, 4) is 0 Å². The van der Waals surface area contributed by atoms with Crippen LogP contribution in [-0.2, 0) is 6.54 Å².